The summed E-state index contributed by atoms with van der Waals surface area (Å²) in [7, 11) is 3.41. The molecule has 5 rings (SSSR count). The van der Waals surface area contributed by atoms with Gasteiger partial charge < -0.3 is 14.2 Å². The molecule has 0 unspecified atom stereocenters. The van der Waals surface area contributed by atoms with Crippen LogP contribution in [-0.4, -0.2) is 43.4 Å². The van der Waals surface area contributed by atoms with Crippen LogP contribution in [0.25, 0.3) is 11.3 Å². The largest absolute Gasteiger partial charge is 0.493 e. The summed E-state index contributed by atoms with van der Waals surface area (Å²) in [6, 6.07) is 5.99. The van der Waals surface area contributed by atoms with Crippen molar-refractivity contribution in [3.8, 4) is 17.0 Å². The van der Waals surface area contributed by atoms with Crippen molar-refractivity contribution in [2.24, 2.45) is 5.41 Å². The molecule has 7 nitrogen and oxygen atoms in total. The van der Waals surface area contributed by atoms with Crippen LogP contribution in [-0.2, 0) is 16.1 Å². The summed E-state index contributed by atoms with van der Waals surface area (Å²) in [5.41, 5.74) is 3.88. The zero-order valence-corrected chi connectivity index (χ0v) is 20.8. The smallest absolute Gasteiger partial charge is 0.193 e. The monoisotopic (exact) mass is 466 g/mol. The van der Waals surface area contributed by atoms with Crippen LogP contribution in [0.2, 0.25) is 0 Å². The lowest BCUT2D eigenvalue weighted by atomic mass is 9.91. The van der Waals surface area contributed by atoms with Crippen molar-refractivity contribution in [3.05, 3.63) is 51.3 Å². The fourth-order valence-corrected chi connectivity index (χ4v) is 5.63. The van der Waals surface area contributed by atoms with E-state index in [1.807, 2.05) is 4.68 Å². The van der Waals surface area contributed by atoms with Gasteiger partial charge in [0.25, 0.3) is 0 Å². The number of rotatable bonds is 8. The Morgan fingerprint density at radius 1 is 1.09 bits per heavy atom. The molecule has 34 heavy (non-hydrogen) atoms. The molecule has 1 aromatic heterocycles. The summed E-state index contributed by atoms with van der Waals surface area (Å²) in [6.07, 6.45) is 5.95. The molecule has 1 aromatic carbocycles. The maximum absolute atomic E-state index is 12.8. The van der Waals surface area contributed by atoms with Crippen LogP contribution in [0.3, 0.4) is 0 Å². The Balaban J connectivity index is 1.64. The SMILES string of the molecule is COCc1cc2c(cc1OCC1(COC)CC1)[C@H]1CCC(C)(C)N1n1cc(C(C)=O)c(=O)cc1-2. The summed E-state index contributed by atoms with van der Waals surface area (Å²) in [5.74, 6) is 0.623. The number of carbonyl (C=O) groups is 1. The van der Waals surface area contributed by atoms with E-state index in [4.69, 9.17) is 14.2 Å². The number of hydrogen-bond acceptors (Lipinski definition) is 6. The highest BCUT2D eigenvalue weighted by Crippen LogP contribution is 2.50. The molecule has 1 saturated heterocycles. The third kappa shape index (κ3) is 3.75. The molecule has 0 amide bonds. The van der Waals surface area contributed by atoms with Crippen LogP contribution >= 0.6 is 0 Å². The van der Waals surface area contributed by atoms with Gasteiger partial charge in [0.05, 0.1) is 42.7 Å². The van der Waals surface area contributed by atoms with Gasteiger partial charge in [-0.2, -0.15) is 0 Å². The zero-order chi connectivity index (χ0) is 24.3. The molecule has 1 atom stereocenters. The standard InChI is InChI=1S/C27H34N2O5/c1-17(30)21-13-28-23(12-24(21)31)19-10-18(14-32-4)25(34-16-27(8-9-27)15-33-5)11-20(19)22-6-7-26(2,3)29(22)28/h10-13,22H,6-9,14-16H2,1-5H3/t22-/m1/s1. The van der Waals surface area contributed by atoms with Gasteiger partial charge in [-0.3, -0.25) is 19.3 Å². The van der Waals surface area contributed by atoms with Crippen LogP contribution in [0.4, 0.5) is 0 Å². The average molecular weight is 467 g/mol. The van der Waals surface area contributed by atoms with Gasteiger partial charge in [-0.05, 0) is 64.2 Å². The van der Waals surface area contributed by atoms with E-state index in [2.05, 4.69) is 31.0 Å². The normalized spacial score (nSPS) is 21.0. The fraction of sp³-hybridized carbons (Fsp3) is 0.556. The molecule has 0 bridgehead atoms. The van der Waals surface area contributed by atoms with Crippen molar-refractivity contribution >= 4 is 5.78 Å². The Labute approximate surface area is 200 Å². The van der Waals surface area contributed by atoms with Gasteiger partial charge in [-0.1, -0.05) is 0 Å². The van der Waals surface area contributed by atoms with Gasteiger partial charge in [0.15, 0.2) is 11.2 Å². The highest BCUT2D eigenvalue weighted by atomic mass is 16.5. The van der Waals surface area contributed by atoms with E-state index in [9.17, 15) is 9.59 Å². The molecule has 0 spiro atoms. The number of methoxy groups -OCH3 is 2. The lowest BCUT2D eigenvalue weighted by Crippen LogP contribution is -2.50. The highest BCUT2D eigenvalue weighted by Gasteiger charge is 2.46. The number of ether oxygens (including phenoxy) is 3. The van der Waals surface area contributed by atoms with Gasteiger partial charge in [0, 0.05) is 43.0 Å². The third-order valence-electron chi connectivity index (χ3n) is 7.70. The molecule has 1 aliphatic carbocycles. The number of Topliss-reactive ketones (excluding diaryl/α,β-unsaturated/α-hetero) is 1. The molecule has 2 aromatic rings. The first-order chi connectivity index (χ1) is 16.2. The van der Waals surface area contributed by atoms with Crippen LogP contribution in [0.15, 0.2) is 29.2 Å². The predicted molar refractivity (Wildman–Crippen MR) is 130 cm³/mol. The molecule has 7 heteroatoms. The second-order valence-electron chi connectivity index (χ2n) is 10.8. The molecular formula is C27H34N2O5. The van der Waals surface area contributed by atoms with Gasteiger partial charge >= 0.3 is 0 Å². The average Bonchev–Trinajstić information content (AvgIpc) is 3.47. The maximum Gasteiger partial charge on any atom is 0.193 e. The Kier molecular flexibility index (Phi) is 5.60. The number of ketones is 1. The quantitative estimate of drug-likeness (QED) is 0.542. The molecule has 0 radical (unpaired) electrons. The number of fused-ring (bicyclic) bond motifs is 6. The van der Waals surface area contributed by atoms with Crippen molar-refractivity contribution in [3.63, 3.8) is 0 Å². The summed E-state index contributed by atoms with van der Waals surface area (Å²) < 4.78 is 19.4. The van der Waals surface area contributed by atoms with Gasteiger partial charge in [0.2, 0.25) is 0 Å². The minimum Gasteiger partial charge on any atom is -0.493 e. The Hall–Kier alpha value is -2.64. The first kappa shape index (κ1) is 23.1. The minimum absolute atomic E-state index is 0.110. The second kappa shape index (κ2) is 8.24. The summed E-state index contributed by atoms with van der Waals surface area (Å²) in [4.78, 5) is 25.0. The van der Waals surface area contributed by atoms with Crippen molar-refractivity contribution in [2.75, 3.05) is 32.4 Å². The van der Waals surface area contributed by atoms with Crippen LogP contribution in [0.1, 0.15) is 74.0 Å². The summed E-state index contributed by atoms with van der Waals surface area (Å²) in [6.45, 7) is 7.61. The molecule has 2 aliphatic heterocycles. The first-order valence-corrected chi connectivity index (χ1v) is 12.0. The lowest BCUT2D eigenvalue weighted by Gasteiger charge is -2.44. The number of pyridine rings is 1. The van der Waals surface area contributed by atoms with Crippen LogP contribution in [0.5, 0.6) is 5.75 Å². The van der Waals surface area contributed by atoms with Crippen molar-refractivity contribution in [1.82, 2.24) is 4.68 Å². The molecule has 1 saturated carbocycles. The van der Waals surface area contributed by atoms with E-state index in [1.165, 1.54) is 6.92 Å². The Morgan fingerprint density at radius 2 is 1.85 bits per heavy atom. The van der Waals surface area contributed by atoms with Gasteiger partial charge in [-0.15, -0.1) is 0 Å². The van der Waals surface area contributed by atoms with Crippen LogP contribution in [0, 0.1) is 5.41 Å². The number of benzene rings is 1. The lowest BCUT2D eigenvalue weighted by molar-refractivity contribution is 0.101. The summed E-state index contributed by atoms with van der Waals surface area (Å²) in [5, 5.41) is 2.32. The Morgan fingerprint density at radius 3 is 2.50 bits per heavy atom. The third-order valence-corrected chi connectivity index (χ3v) is 7.70. The van der Waals surface area contributed by atoms with Crippen molar-refractivity contribution < 1.29 is 19.0 Å². The topological polar surface area (TPSA) is 70.0 Å². The van der Waals surface area contributed by atoms with Crippen LogP contribution < -0.4 is 15.2 Å². The van der Waals surface area contributed by atoms with E-state index in [-0.39, 0.29) is 33.8 Å². The minimum atomic E-state index is -0.246. The fourth-order valence-electron chi connectivity index (χ4n) is 5.63. The molecular weight excluding hydrogens is 432 g/mol. The molecule has 3 heterocycles. The number of aromatic nitrogens is 1. The zero-order valence-electron chi connectivity index (χ0n) is 20.8. The number of carbonyl (C=O) groups excluding carboxylic acids is 1. The predicted octanol–water partition coefficient (Wildman–Crippen LogP) is 4.23. The van der Waals surface area contributed by atoms with Crippen molar-refractivity contribution in [2.45, 2.75) is 64.6 Å². The molecule has 3 aliphatic rings. The molecule has 182 valence electrons. The van der Waals surface area contributed by atoms with E-state index in [0.717, 1.165) is 53.8 Å². The summed E-state index contributed by atoms with van der Waals surface area (Å²) >= 11 is 0. The van der Waals surface area contributed by atoms with E-state index in [1.54, 1.807) is 26.5 Å². The van der Waals surface area contributed by atoms with Crippen molar-refractivity contribution in [1.29, 1.82) is 0 Å². The number of hydrogen-bond donors (Lipinski definition) is 0. The second-order valence-corrected chi connectivity index (χ2v) is 10.8. The van der Waals surface area contributed by atoms with E-state index in [0.29, 0.717) is 19.8 Å². The van der Waals surface area contributed by atoms with Gasteiger partial charge in [0.1, 0.15) is 5.75 Å². The molecule has 0 N–H and O–H groups in total. The highest BCUT2D eigenvalue weighted by molar-refractivity contribution is 5.94. The van der Waals surface area contributed by atoms with E-state index >= 15 is 0 Å². The molecule has 2 fully saturated rings. The van der Waals surface area contributed by atoms with E-state index < -0.39 is 0 Å². The maximum atomic E-state index is 12.8. The first-order valence-electron chi connectivity index (χ1n) is 12.0. The Bertz CT molecular complexity index is 1190. The van der Waals surface area contributed by atoms with Gasteiger partial charge in [-0.25, -0.2) is 0 Å². The number of nitrogens with zero attached hydrogens (tertiary/aromatic N) is 2.